The first-order chi connectivity index (χ1) is 9.24. The Kier molecular flexibility index (Phi) is 3.54. The van der Waals surface area contributed by atoms with Crippen LogP contribution >= 0.6 is 34.7 Å². The van der Waals surface area contributed by atoms with E-state index in [0.717, 1.165) is 15.8 Å². The van der Waals surface area contributed by atoms with Gasteiger partial charge in [0.15, 0.2) is 5.16 Å². The number of hydrogen-bond acceptors (Lipinski definition) is 6. The molecule has 3 aromatic heterocycles. The van der Waals surface area contributed by atoms with Gasteiger partial charge in [0.25, 0.3) is 0 Å². The van der Waals surface area contributed by atoms with Crippen LogP contribution < -0.4 is 5.73 Å². The van der Waals surface area contributed by atoms with Crippen molar-refractivity contribution in [3.63, 3.8) is 0 Å². The fourth-order valence-corrected chi connectivity index (χ4v) is 3.54. The van der Waals surface area contributed by atoms with Crippen molar-refractivity contribution >= 4 is 50.7 Å². The van der Waals surface area contributed by atoms with E-state index in [4.69, 9.17) is 17.3 Å². The molecule has 3 heterocycles. The SMILES string of the molecule is Nc1nc(SCc2ccncc2Cl)nc2sccc12. The summed E-state index contributed by atoms with van der Waals surface area (Å²) in [6.07, 6.45) is 3.36. The summed E-state index contributed by atoms with van der Waals surface area (Å²) < 4.78 is 0. The van der Waals surface area contributed by atoms with Crippen LogP contribution in [0.5, 0.6) is 0 Å². The van der Waals surface area contributed by atoms with Gasteiger partial charge in [0.05, 0.1) is 10.4 Å². The lowest BCUT2D eigenvalue weighted by Gasteiger charge is -2.04. The molecule has 0 saturated carbocycles. The highest BCUT2D eigenvalue weighted by Gasteiger charge is 2.08. The number of nitrogens with two attached hydrogens (primary N) is 1. The first kappa shape index (κ1) is 12.7. The second kappa shape index (κ2) is 5.32. The second-order valence-electron chi connectivity index (χ2n) is 3.79. The number of hydrogen-bond donors (Lipinski definition) is 1. The standard InChI is InChI=1S/C12H9ClN4S2/c13-9-5-15-3-1-7(9)6-19-12-16-10(14)8-2-4-18-11(8)17-12/h1-5H,6H2,(H2,14,16,17). The first-order valence-corrected chi connectivity index (χ1v) is 7.70. The first-order valence-electron chi connectivity index (χ1n) is 5.46. The zero-order chi connectivity index (χ0) is 13.2. The van der Waals surface area contributed by atoms with Crippen molar-refractivity contribution in [2.24, 2.45) is 0 Å². The summed E-state index contributed by atoms with van der Waals surface area (Å²) in [6.45, 7) is 0. The number of thiophene rings is 1. The third kappa shape index (κ3) is 2.65. The van der Waals surface area contributed by atoms with Crippen molar-refractivity contribution in [3.05, 3.63) is 40.5 Å². The fourth-order valence-electron chi connectivity index (χ4n) is 1.59. The molecule has 96 valence electrons. The Labute approximate surface area is 123 Å². The highest BCUT2D eigenvalue weighted by atomic mass is 35.5. The lowest BCUT2D eigenvalue weighted by molar-refractivity contribution is 1.02. The normalized spacial score (nSPS) is 11.0. The number of fused-ring (bicyclic) bond motifs is 1. The van der Waals surface area contributed by atoms with Crippen LogP contribution in [0, 0.1) is 0 Å². The largest absolute Gasteiger partial charge is 0.383 e. The molecule has 0 aliphatic carbocycles. The van der Waals surface area contributed by atoms with Crippen molar-refractivity contribution in [2.45, 2.75) is 10.9 Å². The van der Waals surface area contributed by atoms with Gasteiger partial charge < -0.3 is 5.73 Å². The van der Waals surface area contributed by atoms with Crippen LogP contribution in [0.15, 0.2) is 35.1 Å². The molecule has 0 aliphatic rings. The molecular formula is C12H9ClN4S2. The molecule has 0 spiro atoms. The van der Waals surface area contributed by atoms with E-state index in [1.807, 2.05) is 17.5 Å². The van der Waals surface area contributed by atoms with E-state index in [1.54, 1.807) is 23.7 Å². The van der Waals surface area contributed by atoms with Crippen molar-refractivity contribution in [3.8, 4) is 0 Å². The summed E-state index contributed by atoms with van der Waals surface area (Å²) in [4.78, 5) is 13.6. The Bertz CT molecular complexity index is 729. The van der Waals surface area contributed by atoms with Gasteiger partial charge in [-0.25, -0.2) is 9.97 Å². The van der Waals surface area contributed by atoms with Gasteiger partial charge in [-0.2, -0.15) is 0 Å². The van der Waals surface area contributed by atoms with Gasteiger partial charge in [0.2, 0.25) is 0 Å². The van der Waals surface area contributed by atoms with Gasteiger partial charge in [0.1, 0.15) is 10.6 Å². The minimum atomic E-state index is 0.523. The van der Waals surface area contributed by atoms with Crippen molar-refractivity contribution in [2.75, 3.05) is 5.73 Å². The van der Waals surface area contributed by atoms with Gasteiger partial charge in [-0.15, -0.1) is 11.3 Å². The van der Waals surface area contributed by atoms with Gasteiger partial charge in [-0.05, 0) is 23.1 Å². The summed E-state index contributed by atoms with van der Waals surface area (Å²) in [5, 5.41) is 4.20. The average molecular weight is 309 g/mol. The Hall–Kier alpha value is -1.37. The molecule has 0 fully saturated rings. The van der Waals surface area contributed by atoms with Crippen LogP contribution in [-0.4, -0.2) is 15.0 Å². The van der Waals surface area contributed by atoms with Crippen LogP contribution in [0.1, 0.15) is 5.56 Å². The predicted octanol–water partition coefficient (Wildman–Crippen LogP) is 3.61. The highest BCUT2D eigenvalue weighted by molar-refractivity contribution is 7.98. The van der Waals surface area contributed by atoms with E-state index >= 15 is 0 Å². The van der Waals surface area contributed by atoms with Crippen LogP contribution in [0.25, 0.3) is 10.2 Å². The van der Waals surface area contributed by atoms with E-state index in [0.29, 0.717) is 21.7 Å². The Morgan fingerprint density at radius 2 is 2.21 bits per heavy atom. The number of halogens is 1. The summed E-state index contributed by atoms with van der Waals surface area (Å²) in [5.41, 5.74) is 6.92. The monoisotopic (exact) mass is 308 g/mol. The number of aromatic nitrogens is 3. The van der Waals surface area contributed by atoms with Gasteiger partial charge in [0, 0.05) is 18.1 Å². The molecule has 2 N–H and O–H groups in total. The molecule has 0 saturated heterocycles. The Morgan fingerprint density at radius 1 is 1.32 bits per heavy atom. The van der Waals surface area contributed by atoms with E-state index in [9.17, 15) is 0 Å². The zero-order valence-electron chi connectivity index (χ0n) is 9.71. The molecule has 19 heavy (non-hydrogen) atoms. The minimum absolute atomic E-state index is 0.523. The molecular weight excluding hydrogens is 300 g/mol. The maximum atomic E-state index is 6.06. The number of nitrogens with zero attached hydrogens (tertiary/aromatic N) is 3. The number of pyridine rings is 1. The number of rotatable bonds is 3. The number of thioether (sulfide) groups is 1. The Balaban J connectivity index is 1.84. The molecule has 3 aromatic rings. The van der Waals surface area contributed by atoms with Crippen LogP contribution in [0.3, 0.4) is 0 Å². The maximum Gasteiger partial charge on any atom is 0.191 e. The van der Waals surface area contributed by atoms with Crippen LogP contribution in [0.2, 0.25) is 5.02 Å². The lowest BCUT2D eigenvalue weighted by atomic mass is 10.3. The number of nitrogen functional groups attached to an aromatic ring is 1. The van der Waals surface area contributed by atoms with E-state index in [2.05, 4.69) is 15.0 Å². The third-order valence-corrected chi connectivity index (χ3v) is 4.59. The summed E-state index contributed by atoms with van der Waals surface area (Å²) >= 11 is 9.13. The van der Waals surface area contributed by atoms with Crippen molar-refractivity contribution < 1.29 is 0 Å². The molecule has 0 bridgehead atoms. The van der Waals surface area contributed by atoms with Crippen LogP contribution in [-0.2, 0) is 5.75 Å². The summed E-state index contributed by atoms with van der Waals surface area (Å²) in [7, 11) is 0. The smallest absolute Gasteiger partial charge is 0.191 e. The third-order valence-electron chi connectivity index (χ3n) is 2.55. The van der Waals surface area contributed by atoms with Gasteiger partial charge in [-0.3, -0.25) is 4.98 Å². The quantitative estimate of drug-likeness (QED) is 0.591. The molecule has 0 radical (unpaired) electrons. The summed E-state index contributed by atoms with van der Waals surface area (Å²) in [5.74, 6) is 1.21. The van der Waals surface area contributed by atoms with Crippen molar-refractivity contribution in [1.29, 1.82) is 0 Å². The highest BCUT2D eigenvalue weighted by Crippen LogP contribution is 2.28. The Morgan fingerprint density at radius 3 is 3.05 bits per heavy atom. The van der Waals surface area contributed by atoms with E-state index in [-0.39, 0.29) is 0 Å². The lowest BCUT2D eigenvalue weighted by Crippen LogP contribution is -1.95. The molecule has 0 amide bonds. The average Bonchev–Trinajstić information content (AvgIpc) is 2.87. The number of anilines is 1. The molecule has 0 unspecified atom stereocenters. The maximum absolute atomic E-state index is 6.06. The molecule has 0 atom stereocenters. The predicted molar refractivity (Wildman–Crippen MR) is 80.6 cm³/mol. The molecule has 3 rings (SSSR count). The zero-order valence-corrected chi connectivity index (χ0v) is 12.1. The van der Waals surface area contributed by atoms with Gasteiger partial charge >= 0.3 is 0 Å². The summed E-state index contributed by atoms with van der Waals surface area (Å²) in [6, 6.07) is 3.83. The molecule has 4 nitrogen and oxygen atoms in total. The fraction of sp³-hybridized carbons (Fsp3) is 0.0833. The molecule has 7 heteroatoms. The van der Waals surface area contributed by atoms with E-state index in [1.165, 1.54) is 11.8 Å². The van der Waals surface area contributed by atoms with Gasteiger partial charge in [-0.1, -0.05) is 23.4 Å². The second-order valence-corrected chi connectivity index (χ2v) is 6.03. The topological polar surface area (TPSA) is 64.7 Å². The minimum Gasteiger partial charge on any atom is -0.383 e. The van der Waals surface area contributed by atoms with Crippen LogP contribution in [0.4, 0.5) is 5.82 Å². The molecule has 0 aliphatic heterocycles. The van der Waals surface area contributed by atoms with Crippen molar-refractivity contribution in [1.82, 2.24) is 15.0 Å². The molecule has 0 aromatic carbocycles. The van der Waals surface area contributed by atoms with E-state index < -0.39 is 0 Å².